The van der Waals surface area contributed by atoms with Crippen molar-refractivity contribution >= 4 is 11.9 Å². The minimum absolute atomic E-state index is 0.00478. The Morgan fingerprint density at radius 3 is 2.39 bits per heavy atom. The van der Waals surface area contributed by atoms with Crippen molar-refractivity contribution < 1.29 is 4.74 Å². The van der Waals surface area contributed by atoms with E-state index in [4.69, 9.17) is 10.6 Å². The van der Waals surface area contributed by atoms with E-state index in [2.05, 4.69) is 32.6 Å². The lowest BCUT2D eigenvalue weighted by Crippen LogP contribution is -2.42. The van der Waals surface area contributed by atoms with Crippen molar-refractivity contribution in [3.63, 3.8) is 0 Å². The Bertz CT molecular complexity index is 418. The van der Waals surface area contributed by atoms with Crippen LogP contribution in [-0.4, -0.2) is 26.6 Å². The van der Waals surface area contributed by atoms with Crippen LogP contribution in [0.3, 0.4) is 0 Å². The Morgan fingerprint density at radius 2 is 1.89 bits per heavy atom. The number of nitrogens with two attached hydrogens (primary N) is 1. The van der Waals surface area contributed by atoms with Crippen LogP contribution in [0.1, 0.15) is 40.0 Å². The molecule has 1 fully saturated rings. The van der Waals surface area contributed by atoms with Crippen molar-refractivity contribution in [2.24, 2.45) is 5.84 Å². The van der Waals surface area contributed by atoms with Gasteiger partial charge in [-0.15, -0.1) is 0 Å². The zero-order chi connectivity index (χ0) is 13.2. The van der Waals surface area contributed by atoms with Gasteiger partial charge in [0.05, 0.1) is 6.10 Å². The molecule has 1 heterocycles. The summed E-state index contributed by atoms with van der Waals surface area (Å²) < 4.78 is 5.47. The van der Waals surface area contributed by atoms with Crippen molar-refractivity contribution in [1.29, 1.82) is 0 Å². The average molecular weight is 252 g/mol. The van der Waals surface area contributed by atoms with E-state index in [0.29, 0.717) is 11.9 Å². The molecular formula is C11H20N6O. The Balaban J connectivity index is 2.17. The molecule has 7 nitrogen and oxygen atoms in total. The summed E-state index contributed by atoms with van der Waals surface area (Å²) in [6.07, 6.45) is 3.46. The van der Waals surface area contributed by atoms with Crippen LogP contribution < -0.4 is 21.3 Å². The van der Waals surface area contributed by atoms with E-state index < -0.39 is 0 Å². The number of aromatic nitrogens is 3. The molecule has 4 N–H and O–H groups in total. The van der Waals surface area contributed by atoms with Crippen LogP contribution in [0.5, 0.6) is 6.01 Å². The maximum absolute atomic E-state index is 5.47. The molecular weight excluding hydrogens is 232 g/mol. The molecule has 18 heavy (non-hydrogen) atoms. The first kappa shape index (κ1) is 12.8. The second-order valence-corrected chi connectivity index (χ2v) is 5.12. The standard InChI is InChI=1S/C11H20N6O/c1-7(2)18-10-14-8(13-9(15-10)17-12)16-11(3)5-4-6-11/h7H,4-6,12H2,1-3H3,(H2,13,14,15,16,17). The van der Waals surface area contributed by atoms with Crippen LogP contribution in [0.15, 0.2) is 0 Å². The van der Waals surface area contributed by atoms with Gasteiger partial charge < -0.3 is 10.1 Å². The topological polar surface area (TPSA) is 98.0 Å². The minimum atomic E-state index is 0.00478. The maximum Gasteiger partial charge on any atom is 0.323 e. The predicted octanol–water partition coefficient (Wildman–Crippen LogP) is 1.30. The Labute approximate surface area is 107 Å². The molecule has 1 saturated carbocycles. The molecule has 0 saturated heterocycles. The van der Waals surface area contributed by atoms with Crippen LogP contribution in [0.2, 0.25) is 0 Å². The molecule has 0 unspecified atom stereocenters. The molecule has 0 amide bonds. The molecule has 2 rings (SSSR count). The smallest absolute Gasteiger partial charge is 0.323 e. The number of hydrazine groups is 1. The lowest BCUT2D eigenvalue weighted by atomic mass is 9.79. The van der Waals surface area contributed by atoms with Gasteiger partial charge in [-0.3, -0.25) is 5.43 Å². The van der Waals surface area contributed by atoms with E-state index in [0.717, 1.165) is 12.8 Å². The van der Waals surface area contributed by atoms with Crippen LogP contribution in [0, 0.1) is 0 Å². The third-order valence-corrected chi connectivity index (χ3v) is 2.96. The molecule has 0 aliphatic heterocycles. The summed E-state index contributed by atoms with van der Waals surface area (Å²) in [7, 11) is 0. The maximum atomic E-state index is 5.47. The number of ether oxygens (including phenoxy) is 1. The van der Waals surface area contributed by atoms with Gasteiger partial charge in [0.1, 0.15) is 0 Å². The first-order chi connectivity index (χ1) is 8.50. The summed E-state index contributed by atoms with van der Waals surface area (Å²) in [5.74, 6) is 6.14. The summed E-state index contributed by atoms with van der Waals surface area (Å²) >= 11 is 0. The molecule has 100 valence electrons. The van der Waals surface area contributed by atoms with E-state index in [1.54, 1.807) is 0 Å². The van der Waals surface area contributed by atoms with Gasteiger partial charge in [0, 0.05) is 5.54 Å². The fourth-order valence-corrected chi connectivity index (χ4v) is 1.84. The number of nitrogen functional groups attached to an aromatic ring is 1. The van der Waals surface area contributed by atoms with Gasteiger partial charge in [0.2, 0.25) is 11.9 Å². The van der Waals surface area contributed by atoms with Gasteiger partial charge in [-0.05, 0) is 40.0 Å². The first-order valence-corrected chi connectivity index (χ1v) is 6.18. The molecule has 0 bridgehead atoms. The second-order valence-electron chi connectivity index (χ2n) is 5.12. The fourth-order valence-electron chi connectivity index (χ4n) is 1.84. The third kappa shape index (κ3) is 2.98. The molecule has 1 aliphatic carbocycles. The quantitative estimate of drug-likeness (QED) is 0.536. The molecule has 0 aromatic carbocycles. The van der Waals surface area contributed by atoms with Gasteiger partial charge in [0.15, 0.2) is 0 Å². The zero-order valence-corrected chi connectivity index (χ0v) is 11.0. The molecule has 0 radical (unpaired) electrons. The van der Waals surface area contributed by atoms with Crippen LogP contribution in [-0.2, 0) is 0 Å². The molecule has 7 heteroatoms. The van der Waals surface area contributed by atoms with Crippen LogP contribution in [0.25, 0.3) is 0 Å². The van der Waals surface area contributed by atoms with Gasteiger partial charge in [-0.1, -0.05) is 0 Å². The van der Waals surface area contributed by atoms with Crippen LogP contribution >= 0.6 is 0 Å². The summed E-state index contributed by atoms with van der Waals surface area (Å²) in [5, 5.41) is 3.31. The van der Waals surface area contributed by atoms with Crippen molar-refractivity contribution in [2.75, 3.05) is 10.7 Å². The van der Waals surface area contributed by atoms with E-state index >= 15 is 0 Å². The van der Waals surface area contributed by atoms with E-state index in [9.17, 15) is 0 Å². The average Bonchev–Trinajstić information content (AvgIpc) is 2.25. The predicted molar refractivity (Wildman–Crippen MR) is 69.3 cm³/mol. The highest BCUT2D eigenvalue weighted by atomic mass is 16.5. The second kappa shape index (κ2) is 4.93. The molecule has 0 atom stereocenters. The first-order valence-electron chi connectivity index (χ1n) is 6.18. The van der Waals surface area contributed by atoms with Crippen molar-refractivity contribution in [1.82, 2.24) is 15.0 Å². The van der Waals surface area contributed by atoms with Gasteiger partial charge in [-0.2, -0.15) is 15.0 Å². The number of anilines is 2. The fraction of sp³-hybridized carbons (Fsp3) is 0.727. The Kier molecular flexibility index (Phi) is 3.51. The van der Waals surface area contributed by atoms with Crippen molar-refractivity contribution in [3.8, 4) is 6.01 Å². The van der Waals surface area contributed by atoms with E-state index in [1.165, 1.54) is 6.42 Å². The minimum Gasteiger partial charge on any atom is -0.461 e. The summed E-state index contributed by atoms with van der Waals surface area (Å²) in [5.41, 5.74) is 2.49. The lowest BCUT2D eigenvalue weighted by molar-refractivity contribution is 0.221. The van der Waals surface area contributed by atoms with E-state index in [-0.39, 0.29) is 17.7 Å². The van der Waals surface area contributed by atoms with Gasteiger partial charge >= 0.3 is 6.01 Å². The normalized spacial score (nSPS) is 17.2. The Hall–Kier alpha value is -1.63. The van der Waals surface area contributed by atoms with Gasteiger partial charge in [-0.25, -0.2) is 5.84 Å². The highest BCUT2D eigenvalue weighted by molar-refractivity contribution is 5.37. The molecule has 0 spiro atoms. The Morgan fingerprint density at radius 1 is 1.22 bits per heavy atom. The zero-order valence-electron chi connectivity index (χ0n) is 11.0. The number of nitrogens with zero attached hydrogens (tertiary/aromatic N) is 3. The summed E-state index contributed by atoms with van der Waals surface area (Å²) in [6, 6.07) is 0.276. The number of hydrogen-bond donors (Lipinski definition) is 3. The monoisotopic (exact) mass is 252 g/mol. The summed E-state index contributed by atoms with van der Waals surface area (Å²) in [4.78, 5) is 12.5. The highest BCUT2D eigenvalue weighted by Crippen LogP contribution is 2.34. The molecule has 1 aromatic heterocycles. The largest absolute Gasteiger partial charge is 0.461 e. The van der Waals surface area contributed by atoms with Crippen molar-refractivity contribution in [2.45, 2.75) is 51.7 Å². The molecule has 1 aromatic rings. The number of nitrogens with one attached hydrogen (secondary N) is 2. The number of rotatable bonds is 5. The molecule has 1 aliphatic rings. The van der Waals surface area contributed by atoms with E-state index in [1.807, 2.05) is 13.8 Å². The summed E-state index contributed by atoms with van der Waals surface area (Å²) in [6.45, 7) is 5.98. The van der Waals surface area contributed by atoms with Crippen LogP contribution in [0.4, 0.5) is 11.9 Å². The van der Waals surface area contributed by atoms with Crippen molar-refractivity contribution in [3.05, 3.63) is 0 Å². The SMILES string of the molecule is CC(C)Oc1nc(NN)nc(NC2(C)CCC2)n1. The van der Waals surface area contributed by atoms with Gasteiger partial charge in [0.25, 0.3) is 0 Å². The lowest BCUT2D eigenvalue weighted by Gasteiger charge is -2.39. The highest BCUT2D eigenvalue weighted by Gasteiger charge is 2.32. The number of hydrogen-bond acceptors (Lipinski definition) is 7. The third-order valence-electron chi connectivity index (χ3n) is 2.96.